The van der Waals surface area contributed by atoms with Crippen molar-refractivity contribution in [2.75, 3.05) is 19.0 Å². The molecule has 1 aromatic carbocycles. The van der Waals surface area contributed by atoms with Crippen LogP contribution >= 0.6 is 23.8 Å². The Morgan fingerprint density at radius 1 is 1.31 bits per heavy atom. The van der Waals surface area contributed by atoms with E-state index in [2.05, 4.69) is 25.6 Å². The van der Waals surface area contributed by atoms with Crippen molar-refractivity contribution in [1.82, 2.24) is 20.3 Å². The molecule has 0 unspecified atom stereocenters. The minimum Gasteiger partial charge on any atom is -0.503 e. The SMILES string of the molecule is CCNC(=S)Nc1cnc2ccc(-c3cc(Cl)c(O)c(OC)c3)nc2n1. The molecule has 0 saturated heterocycles. The minimum absolute atomic E-state index is 0.109. The monoisotopic (exact) mass is 389 g/mol. The van der Waals surface area contributed by atoms with Crippen LogP contribution in [0.2, 0.25) is 5.02 Å². The Morgan fingerprint density at radius 3 is 2.85 bits per heavy atom. The van der Waals surface area contributed by atoms with Crippen LogP contribution in [-0.2, 0) is 0 Å². The van der Waals surface area contributed by atoms with E-state index in [4.69, 9.17) is 28.6 Å². The number of thiocarbonyl (C=S) groups is 1. The summed E-state index contributed by atoms with van der Waals surface area (Å²) in [7, 11) is 1.46. The lowest BCUT2D eigenvalue weighted by Gasteiger charge is -2.10. The largest absolute Gasteiger partial charge is 0.503 e. The number of benzene rings is 1. The second kappa shape index (κ2) is 7.67. The van der Waals surface area contributed by atoms with Crippen molar-refractivity contribution in [3.63, 3.8) is 0 Å². The van der Waals surface area contributed by atoms with Crippen molar-refractivity contribution in [1.29, 1.82) is 0 Å². The van der Waals surface area contributed by atoms with Crippen LogP contribution in [-0.4, -0.2) is 38.8 Å². The van der Waals surface area contributed by atoms with E-state index in [-0.39, 0.29) is 16.5 Å². The first kappa shape index (κ1) is 18.1. The third-order valence-corrected chi connectivity index (χ3v) is 4.06. The number of phenolic OH excluding ortho intramolecular Hbond substituents is 1. The van der Waals surface area contributed by atoms with E-state index in [1.54, 1.807) is 24.4 Å². The highest BCUT2D eigenvalue weighted by Crippen LogP contribution is 2.38. The Morgan fingerprint density at radius 2 is 2.12 bits per heavy atom. The lowest BCUT2D eigenvalue weighted by molar-refractivity contribution is 0.374. The molecule has 134 valence electrons. The maximum atomic E-state index is 9.88. The van der Waals surface area contributed by atoms with Crippen LogP contribution in [0, 0.1) is 0 Å². The maximum Gasteiger partial charge on any atom is 0.180 e. The second-order valence-electron chi connectivity index (χ2n) is 5.29. The Hall–Kier alpha value is -2.71. The van der Waals surface area contributed by atoms with Crippen molar-refractivity contribution in [2.24, 2.45) is 0 Å². The highest BCUT2D eigenvalue weighted by atomic mass is 35.5. The van der Waals surface area contributed by atoms with Crippen molar-refractivity contribution in [2.45, 2.75) is 6.92 Å². The third-order valence-electron chi connectivity index (χ3n) is 3.53. The number of anilines is 1. The topological polar surface area (TPSA) is 92.2 Å². The number of hydrogen-bond acceptors (Lipinski definition) is 6. The normalized spacial score (nSPS) is 10.6. The Labute approximate surface area is 160 Å². The molecule has 3 N–H and O–H groups in total. The van der Waals surface area contributed by atoms with Gasteiger partial charge in [-0.15, -0.1) is 0 Å². The molecule has 0 amide bonds. The van der Waals surface area contributed by atoms with Gasteiger partial charge in [0.15, 0.2) is 28.1 Å². The summed E-state index contributed by atoms with van der Waals surface area (Å²) in [5.74, 6) is 0.656. The predicted octanol–water partition coefficient (Wildman–Crippen LogP) is 3.37. The molecule has 0 atom stereocenters. The highest BCUT2D eigenvalue weighted by Gasteiger charge is 2.12. The van der Waals surface area contributed by atoms with Crippen molar-refractivity contribution >= 4 is 45.9 Å². The number of methoxy groups -OCH3 is 1. The fraction of sp³-hybridized carbons (Fsp3) is 0.176. The molecule has 7 nitrogen and oxygen atoms in total. The fourth-order valence-corrected chi connectivity index (χ4v) is 2.78. The zero-order chi connectivity index (χ0) is 18.7. The molecule has 0 bridgehead atoms. The van der Waals surface area contributed by atoms with Crippen LogP contribution < -0.4 is 15.4 Å². The van der Waals surface area contributed by atoms with Crippen LogP contribution in [0.4, 0.5) is 5.82 Å². The number of nitrogens with zero attached hydrogens (tertiary/aromatic N) is 3. The van der Waals surface area contributed by atoms with Gasteiger partial charge in [0.25, 0.3) is 0 Å². The summed E-state index contributed by atoms with van der Waals surface area (Å²) < 4.78 is 5.14. The summed E-state index contributed by atoms with van der Waals surface area (Å²) in [5, 5.41) is 16.5. The van der Waals surface area contributed by atoms with Crippen LogP contribution in [0.5, 0.6) is 11.5 Å². The van der Waals surface area contributed by atoms with Crippen LogP contribution in [0.1, 0.15) is 6.92 Å². The first-order valence-corrected chi connectivity index (χ1v) is 8.56. The number of pyridine rings is 1. The molecule has 2 heterocycles. The fourth-order valence-electron chi connectivity index (χ4n) is 2.32. The highest BCUT2D eigenvalue weighted by molar-refractivity contribution is 7.80. The van der Waals surface area contributed by atoms with Gasteiger partial charge in [-0.2, -0.15) is 0 Å². The standard InChI is InChI=1S/C17H16ClN5O2S/c1-3-19-17(26)23-14-8-20-12-5-4-11(21-16(12)22-14)9-6-10(18)15(24)13(7-9)25-2/h4-8,24H,3H2,1-2H3,(H2,19,21,22,23,26). The molecule has 2 aromatic heterocycles. The number of nitrogens with one attached hydrogen (secondary N) is 2. The van der Waals surface area contributed by atoms with E-state index in [1.165, 1.54) is 7.11 Å². The number of ether oxygens (including phenoxy) is 1. The second-order valence-corrected chi connectivity index (χ2v) is 6.10. The van der Waals surface area contributed by atoms with E-state index in [0.717, 1.165) is 0 Å². The molecule has 0 aliphatic carbocycles. The molecule has 26 heavy (non-hydrogen) atoms. The molecule has 0 fully saturated rings. The Kier molecular flexibility index (Phi) is 5.34. The van der Waals surface area contributed by atoms with E-state index in [1.807, 2.05) is 13.0 Å². The first-order chi connectivity index (χ1) is 12.5. The summed E-state index contributed by atoms with van der Waals surface area (Å²) in [5.41, 5.74) is 2.41. The number of aromatic nitrogens is 3. The summed E-state index contributed by atoms with van der Waals surface area (Å²) in [6.45, 7) is 2.66. The van der Waals surface area contributed by atoms with E-state index < -0.39 is 0 Å². The van der Waals surface area contributed by atoms with Crippen LogP contribution in [0.15, 0.2) is 30.5 Å². The lowest BCUT2D eigenvalue weighted by atomic mass is 10.1. The summed E-state index contributed by atoms with van der Waals surface area (Å²) in [6, 6.07) is 6.88. The zero-order valence-electron chi connectivity index (χ0n) is 14.1. The Balaban J connectivity index is 2.00. The van der Waals surface area contributed by atoms with Gasteiger partial charge in [0.1, 0.15) is 5.52 Å². The maximum absolute atomic E-state index is 9.88. The molecule has 9 heteroatoms. The number of rotatable bonds is 4. The van der Waals surface area contributed by atoms with Gasteiger partial charge >= 0.3 is 0 Å². The molecule has 0 saturated carbocycles. The summed E-state index contributed by atoms with van der Waals surface area (Å²) >= 11 is 11.2. The van der Waals surface area contributed by atoms with Gasteiger partial charge in [0, 0.05) is 12.1 Å². The molecule has 3 rings (SSSR count). The number of hydrogen-bond donors (Lipinski definition) is 3. The van der Waals surface area contributed by atoms with Crippen molar-refractivity contribution in [3.05, 3.63) is 35.5 Å². The molecule has 3 aromatic rings. The molecular formula is C17H16ClN5O2S. The van der Waals surface area contributed by atoms with Crippen molar-refractivity contribution < 1.29 is 9.84 Å². The average Bonchev–Trinajstić information content (AvgIpc) is 2.63. The molecule has 0 aliphatic heterocycles. The smallest absolute Gasteiger partial charge is 0.180 e. The average molecular weight is 390 g/mol. The van der Waals surface area contributed by atoms with Crippen molar-refractivity contribution in [3.8, 4) is 22.8 Å². The first-order valence-electron chi connectivity index (χ1n) is 7.77. The van der Waals surface area contributed by atoms with E-state index in [9.17, 15) is 5.11 Å². The zero-order valence-corrected chi connectivity index (χ0v) is 15.6. The van der Waals surface area contributed by atoms with Gasteiger partial charge in [0.2, 0.25) is 0 Å². The van der Waals surface area contributed by atoms with Gasteiger partial charge in [-0.25, -0.2) is 15.0 Å². The number of phenols is 1. The Bertz CT molecular complexity index is 983. The third kappa shape index (κ3) is 3.76. The summed E-state index contributed by atoms with van der Waals surface area (Å²) in [4.78, 5) is 13.3. The number of aromatic hydroxyl groups is 1. The quantitative estimate of drug-likeness (QED) is 0.585. The molecular weight excluding hydrogens is 374 g/mol. The van der Waals surface area contributed by atoms with Crippen LogP contribution in [0.25, 0.3) is 22.4 Å². The van der Waals surface area contributed by atoms with Gasteiger partial charge in [-0.05, 0) is 43.4 Å². The molecule has 0 radical (unpaired) electrons. The lowest BCUT2D eigenvalue weighted by Crippen LogP contribution is -2.28. The predicted molar refractivity (Wildman–Crippen MR) is 106 cm³/mol. The van der Waals surface area contributed by atoms with E-state index >= 15 is 0 Å². The summed E-state index contributed by atoms with van der Waals surface area (Å²) in [6.07, 6.45) is 1.59. The van der Waals surface area contributed by atoms with Crippen LogP contribution in [0.3, 0.4) is 0 Å². The van der Waals surface area contributed by atoms with Gasteiger partial charge in [-0.1, -0.05) is 11.6 Å². The number of fused-ring (bicyclic) bond motifs is 1. The molecule has 0 spiro atoms. The van der Waals surface area contributed by atoms with E-state index in [0.29, 0.717) is 39.9 Å². The minimum atomic E-state index is -0.109. The number of halogens is 1. The van der Waals surface area contributed by atoms with Gasteiger partial charge in [-0.3, -0.25) is 0 Å². The van der Waals surface area contributed by atoms with Gasteiger partial charge in [0.05, 0.1) is 24.0 Å². The van der Waals surface area contributed by atoms with Gasteiger partial charge < -0.3 is 20.5 Å². The molecule has 0 aliphatic rings.